The van der Waals surface area contributed by atoms with Crippen molar-refractivity contribution >= 4 is 5.84 Å². The van der Waals surface area contributed by atoms with Gasteiger partial charge >= 0.3 is 0 Å². The first-order chi connectivity index (χ1) is 6.33. The summed E-state index contributed by atoms with van der Waals surface area (Å²) in [5.74, 6) is 0.719. The normalized spacial score (nSPS) is 24.7. The zero-order chi connectivity index (χ0) is 9.52. The molecule has 0 bridgehead atoms. The molecule has 1 aliphatic rings. The van der Waals surface area contributed by atoms with Gasteiger partial charge in [0.2, 0.25) is 0 Å². The van der Waals surface area contributed by atoms with Gasteiger partial charge in [0, 0.05) is 6.42 Å². The van der Waals surface area contributed by atoms with Gasteiger partial charge in [0.05, 0.1) is 32.2 Å². The largest absolute Gasteiger partial charge is 0.387 e. The molecule has 4 heteroatoms. The lowest BCUT2D eigenvalue weighted by atomic mass is 10.3. The fourth-order valence-corrected chi connectivity index (χ4v) is 1.20. The van der Waals surface area contributed by atoms with Gasteiger partial charge < -0.3 is 15.2 Å². The molecule has 0 aromatic carbocycles. The fraction of sp³-hybridized carbons (Fsp3) is 0.889. The highest BCUT2D eigenvalue weighted by molar-refractivity contribution is 5.80. The Bertz CT molecular complexity index is 165. The smallest absolute Gasteiger partial charge is 0.100 e. The Morgan fingerprint density at radius 3 is 3.00 bits per heavy atom. The molecule has 0 amide bonds. The van der Waals surface area contributed by atoms with Gasteiger partial charge in [0.1, 0.15) is 6.10 Å². The fourth-order valence-electron chi connectivity index (χ4n) is 1.20. The maximum atomic E-state index is 5.66. The van der Waals surface area contributed by atoms with Crippen molar-refractivity contribution in [3.63, 3.8) is 0 Å². The van der Waals surface area contributed by atoms with Gasteiger partial charge in [-0.1, -0.05) is 6.92 Å². The number of rotatable bonds is 4. The van der Waals surface area contributed by atoms with Gasteiger partial charge in [0.15, 0.2) is 0 Å². The van der Waals surface area contributed by atoms with E-state index in [1.165, 1.54) is 0 Å². The zero-order valence-corrected chi connectivity index (χ0v) is 8.16. The second-order valence-corrected chi connectivity index (χ2v) is 3.15. The van der Waals surface area contributed by atoms with Crippen LogP contribution in [0.25, 0.3) is 0 Å². The molecule has 0 saturated carbocycles. The van der Waals surface area contributed by atoms with Gasteiger partial charge in [-0.15, -0.1) is 0 Å². The van der Waals surface area contributed by atoms with Crippen LogP contribution in [0.2, 0.25) is 0 Å². The Labute approximate surface area is 79.1 Å². The third kappa shape index (κ3) is 4.24. The molecule has 0 spiro atoms. The van der Waals surface area contributed by atoms with Crippen molar-refractivity contribution in [3.05, 3.63) is 0 Å². The summed E-state index contributed by atoms with van der Waals surface area (Å²) in [5.41, 5.74) is 5.66. The molecule has 0 radical (unpaired) electrons. The highest BCUT2D eigenvalue weighted by Crippen LogP contribution is 2.01. The van der Waals surface area contributed by atoms with Crippen LogP contribution in [0.4, 0.5) is 0 Å². The van der Waals surface area contributed by atoms with E-state index < -0.39 is 0 Å². The number of nitrogens with zero attached hydrogens (tertiary/aromatic N) is 1. The Balaban J connectivity index is 2.19. The second-order valence-electron chi connectivity index (χ2n) is 3.15. The molecule has 1 atom stereocenters. The molecular weight excluding hydrogens is 168 g/mol. The van der Waals surface area contributed by atoms with Crippen molar-refractivity contribution in [3.8, 4) is 0 Å². The van der Waals surface area contributed by atoms with Crippen molar-refractivity contribution in [1.29, 1.82) is 0 Å². The van der Waals surface area contributed by atoms with Crippen molar-refractivity contribution in [1.82, 2.24) is 0 Å². The molecule has 2 N–H and O–H groups in total. The van der Waals surface area contributed by atoms with Gasteiger partial charge in [-0.25, -0.2) is 0 Å². The first-order valence-electron chi connectivity index (χ1n) is 4.81. The van der Waals surface area contributed by atoms with E-state index in [0.29, 0.717) is 26.4 Å². The van der Waals surface area contributed by atoms with Crippen LogP contribution in [0.3, 0.4) is 0 Å². The molecule has 0 aromatic heterocycles. The molecule has 1 rings (SSSR count). The molecule has 0 aliphatic carbocycles. The van der Waals surface area contributed by atoms with Crippen LogP contribution >= 0.6 is 0 Å². The highest BCUT2D eigenvalue weighted by atomic mass is 16.6. The van der Waals surface area contributed by atoms with E-state index in [9.17, 15) is 0 Å². The first-order valence-corrected chi connectivity index (χ1v) is 4.81. The number of aliphatic imine (C=N–C) groups is 1. The number of nitrogens with two attached hydrogens (primary N) is 1. The van der Waals surface area contributed by atoms with Gasteiger partial charge in [-0.05, 0) is 6.42 Å². The zero-order valence-electron chi connectivity index (χ0n) is 8.16. The first kappa shape index (κ1) is 10.5. The van der Waals surface area contributed by atoms with E-state index in [1.54, 1.807) is 0 Å². The molecule has 76 valence electrons. The Kier molecular flexibility index (Phi) is 4.78. The van der Waals surface area contributed by atoms with E-state index in [0.717, 1.165) is 18.7 Å². The molecule has 1 saturated heterocycles. The minimum atomic E-state index is 0.101. The van der Waals surface area contributed by atoms with E-state index >= 15 is 0 Å². The maximum Gasteiger partial charge on any atom is 0.100 e. The topological polar surface area (TPSA) is 56.8 Å². The monoisotopic (exact) mass is 186 g/mol. The highest BCUT2D eigenvalue weighted by Gasteiger charge is 2.13. The van der Waals surface area contributed by atoms with Crippen LogP contribution in [-0.4, -0.2) is 38.3 Å². The summed E-state index contributed by atoms with van der Waals surface area (Å²) >= 11 is 0. The predicted octanol–water partition coefficient (Wildman–Crippen LogP) is 0.559. The molecule has 13 heavy (non-hydrogen) atoms. The van der Waals surface area contributed by atoms with E-state index in [2.05, 4.69) is 11.9 Å². The molecule has 1 aliphatic heterocycles. The summed E-state index contributed by atoms with van der Waals surface area (Å²) < 4.78 is 10.7. The predicted molar refractivity (Wildman–Crippen MR) is 52.0 cm³/mol. The van der Waals surface area contributed by atoms with Crippen LogP contribution in [-0.2, 0) is 9.47 Å². The minimum absolute atomic E-state index is 0.101. The van der Waals surface area contributed by atoms with Crippen LogP contribution in [0.5, 0.6) is 0 Å². The average Bonchev–Trinajstić information content (AvgIpc) is 2.17. The van der Waals surface area contributed by atoms with Crippen molar-refractivity contribution in [2.45, 2.75) is 25.9 Å². The number of ether oxygens (including phenoxy) is 2. The lowest BCUT2D eigenvalue weighted by Gasteiger charge is -2.21. The lowest BCUT2D eigenvalue weighted by molar-refractivity contribution is -0.0832. The number of hydrogen-bond acceptors (Lipinski definition) is 3. The summed E-state index contributed by atoms with van der Waals surface area (Å²) in [4.78, 5) is 4.23. The second kappa shape index (κ2) is 5.94. The van der Waals surface area contributed by atoms with Crippen LogP contribution < -0.4 is 5.73 Å². The summed E-state index contributed by atoms with van der Waals surface area (Å²) in [6.45, 7) is 4.73. The summed E-state index contributed by atoms with van der Waals surface area (Å²) in [6, 6.07) is 0. The van der Waals surface area contributed by atoms with E-state index in [-0.39, 0.29) is 6.10 Å². The van der Waals surface area contributed by atoms with Crippen LogP contribution in [0.15, 0.2) is 4.99 Å². The number of amidine groups is 1. The SMILES string of the molecule is CCCC(N)=NCC1COCCO1. The third-order valence-electron chi connectivity index (χ3n) is 1.89. The molecule has 1 unspecified atom stereocenters. The lowest BCUT2D eigenvalue weighted by Crippen LogP contribution is -2.31. The van der Waals surface area contributed by atoms with E-state index in [1.807, 2.05) is 0 Å². The Morgan fingerprint density at radius 1 is 1.54 bits per heavy atom. The Hall–Kier alpha value is -0.610. The average molecular weight is 186 g/mol. The van der Waals surface area contributed by atoms with Gasteiger partial charge in [-0.3, -0.25) is 4.99 Å². The Morgan fingerprint density at radius 2 is 2.38 bits per heavy atom. The van der Waals surface area contributed by atoms with E-state index in [4.69, 9.17) is 15.2 Å². The van der Waals surface area contributed by atoms with Crippen LogP contribution in [0, 0.1) is 0 Å². The maximum absolute atomic E-state index is 5.66. The summed E-state index contributed by atoms with van der Waals surface area (Å²) in [6.07, 6.45) is 2.01. The van der Waals surface area contributed by atoms with Gasteiger partial charge in [0.25, 0.3) is 0 Å². The van der Waals surface area contributed by atoms with Crippen molar-refractivity contribution in [2.24, 2.45) is 10.7 Å². The third-order valence-corrected chi connectivity index (χ3v) is 1.89. The molecule has 1 fully saturated rings. The minimum Gasteiger partial charge on any atom is -0.387 e. The molecular formula is C9H18N2O2. The number of hydrogen-bond donors (Lipinski definition) is 1. The van der Waals surface area contributed by atoms with Gasteiger partial charge in [-0.2, -0.15) is 0 Å². The van der Waals surface area contributed by atoms with Crippen LogP contribution in [0.1, 0.15) is 19.8 Å². The van der Waals surface area contributed by atoms with Crippen molar-refractivity contribution < 1.29 is 9.47 Å². The molecule has 1 heterocycles. The quantitative estimate of drug-likeness (QED) is 0.515. The molecule has 4 nitrogen and oxygen atoms in total. The molecule has 0 aromatic rings. The summed E-state index contributed by atoms with van der Waals surface area (Å²) in [5, 5.41) is 0. The standard InChI is InChI=1S/C9H18N2O2/c1-2-3-9(10)11-6-8-7-12-4-5-13-8/h8H,2-7H2,1H3,(H2,10,11). The van der Waals surface area contributed by atoms with Crippen molar-refractivity contribution in [2.75, 3.05) is 26.4 Å². The summed E-state index contributed by atoms with van der Waals surface area (Å²) in [7, 11) is 0.